The second-order valence-electron chi connectivity index (χ2n) is 5.04. The van der Waals surface area contributed by atoms with Gasteiger partial charge in [-0.3, -0.25) is 9.88 Å². The zero-order valence-corrected chi connectivity index (χ0v) is 10.9. The minimum absolute atomic E-state index is 0.0976. The van der Waals surface area contributed by atoms with Crippen LogP contribution in [-0.2, 0) is 16.4 Å². The van der Waals surface area contributed by atoms with Gasteiger partial charge in [-0.15, -0.1) is 0 Å². The lowest BCUT2D eigenvalue weighted by atomic mass is 10.1. The summed E-state index contributed by atoms with van der Waals surface area (Å²) < 4.78 is 23.4. The summed E-state index contributed by atoms with van der Waals surface area (Å²) in [5.74, 6) is 0.562. The minimum Gasteiger partial charge on any atom is -0.310 e. The van der Waals surface area contributed by atoms with Crippen LogP contribution in [0.1, 0.15) is 5.56 Å². The van der Waals surface area contributed by atoms with Crippen molar-refractivity contribution in [1.82, 2.24) is 15.2 Å². The zero-order valence-electron chi connectivity index (χ0n) is 10.1. The second kappa shape index (κ2) is 4.60. The van der Waals surface area contributed by atoms with Crippen molar-refractivity contribution in [2.24, 2.45) is 0 Å². The lowest BCUT2D eigenvalue weighted by molar-refractivity contribution is 0.141. The van der Waals surface area contributed by atoms with E-state index in [-0.39, 0.29) is 23.6 Å². The molecule has 5 nitrogen and oxygen atoms in total. The Labute approximate surface area is 107 Å². The van der Waals surface area contributed by atoms with Crippen LogP contribution in [0.25, 0.3) is 0 Å². The Morgan fingerprint density at radius 2 is 2.33 bits per heavy atom. The average Bonchev–Trinajstić information content (AvgIpc) is 2.66. The fraction of sp³-hybridized carbons (Fsp3) is 0.583. The van der Waals surface area contributed by atoms with Crippen LogP contribution in [0.5, 0.6) is 0 Å². The average molecular weight is 267 g/mol. The fourth-order valence-electron chi connectivity index (χ4n) is 2.87. The van der Waals surface area contributed by atoms with Gasteiger partial charge in [-0.05, 0) is 11.6 Å². The summed E-state index contributed by atoms with van der Waals surface area (Å²) in [5.41, 5.74) is 1.14. The first kappa shape index (κ1) is 12.1. The highest BCUT2D eigenvalue weighted by atomic mass is 32.2. The van der Waals surface area contributed by atoms with Crippen molar-refractivity contribution in [1.29, 1.82) is 0 Å². The topological polar surface area (TPSA) is 62.3 Å². The van der Waals surface area contributed by atoms with Gasteiger partial charge in [0.05, 0.1) is 11.5 Å². The van der Waals surface area contributed by atoms with Crippen LogP contribution >= 0.6 is 0 Å². The van der Waals surface area contributed by atoms with Crippen molar-refractivity contribution in [3.05, 3.63) is 30.1 Å². The van der Waals surface area contributed by atoms with Gasteiger partial charge in [-0.25, -0.2) is 8.42 Å². The summed E-state index contributed by atoms with van der Waals surface area (Å²) in [6.45, 7) is 2.54. The Hall–Kier alpha value is -0.980. The van der Waals surface area contributed by atoms with Crippen LogP contribution in [-0.4, -0.2) is 55.0 Å². The van der Waals surface area contributed by atoms with E-state index < -0.39 is 9.84 Å². The summed E-state index contributed by atoms with van der Waals surface area (Å²) in [6, 6.07) is 4.16. The molecule has 98 valence electrons. The van der Waals surface area contributed by atoms with E-state index in [1.807, 2.05) is 18.3 Å². The molecule has 1 aromatic rings. The molecule has 2 atom stereocenters. The van der Waals surface area contributed by atoms with Crippen molar-refractivity contribution in [3.8, 4) is 0 Å². The molecule has 1 aromatic heterocycles. The van der Waals surface area contributed by atoms with Crippen molar-refractivity contribution in [3.63, 3.8) is 0 Å². The van der Waals surface area contributed by atoms with E-state index in [4.69, 9.17) is 0 Å². The molecule has 0 bridgehead atoms. The van der Waals surface area contributed by atoms with Gasteiger partial charge in [0, 0.05) is 44.1 Å². The number of sulfone groups is 1. The fourth-order valence-corrected chi connectivity index (χ4v) is 4.85. The highest BCUT2D eigenvalue weighted by Crippen LogP contribution is 2.22. The van der Waals surface area contributed by atoms with Crippen molar-refractivity contribution in [2.45, 2.75) is 18.6 Å². The maximum Gasteiger partial charge on any atom is 0.153 e. The smallest absolute Gasteiger partial charge is 0.153 e. The van der Waals surface area contributed by atoms with Crippen LogP contribution < -0.4 is 5.32 Å². The molecule has 0 amide bonds. The molecule has 0 saturated carbocycles. The molecular weight excluding hydrogens is 250 g/mol. The predicted molar refractivity (Wildman–Crippen MR) is 68.9 cm³/mol. The van der Waals surface area contributed by atoms with Crippen LogP contribution in [0.3, 0.4) is 0 Å². The first-order chi connectivity index (χ1) is 8.64. The standard InChI is InChI=1S/C12H17N3O2S/c16-18(17)8-11-12(9-18)15(5-4-14-11)7-10-2-1-3-13-6-10/h1-3,6,11-12,14H,4-5,7-9H2/t11-,12+/m0/s1. The number of hydrogen-bond donors (Lipinski definition) is 1. The molecule has 6 heteroatoms. The molecule has 3 heterocycles. The molecule has 2 fully saturated rings. The molecule has 2 aliphatic rings. The Bertz CT molecular complexity index is 517. The van der Waals surface area contributed by atoms with E-state index in [1.54, 1.807) is 6.20 Å². The number of pyridine rings is 1. The Morgan fingerprint density at radius 3 is 3.11 bits per heavy atom. The number of rotatable bonds is 2. The lowest BCUT2D eigenvalue weighted by Crippen LogP contribution is -2.56. The van der Waals surface area contributed by atoms with Gasteiger partial charge >= 0.3 is 0 Å². The normalized spacial score (nSPS) is 31.1. The maximum atomic E-state index is 11.7. The van der Waals surface area contributed by atoms with Gasteiger partial charge in [0.1, 0.15) is 0 Å². The van der Waals surface area contributed by atoms with E-state index in [9.17, 15) is 8.42 Å². The Kier molecular flexibility index (Phi) is 3.09. The van der Waals surface area contributed by atoms with E-state index in [1.165, 1.54) is 0 Å². The van der Waals surface area contributed by atoms with Gasteiger partial charge in [0.2, 0.25) is 0 Å². The molecule has 18 heavy (non-hydrogen) atoms. The summed E-state index contributed by atoms with van der Waals surface area (Å²) in [4.78, 5) is 6.37. The molecule has 2 saturated heterocycles. The number of nitrogens with one attached hydrogen (secondary N) is 1. The summed E-state index contributed by atoms with van der Waals surface area (Å²) in [7, 11) is -2.87. The van der Waals surface area contributed by atoms with Crippen LogP contribution in [0.15, 0.2) is 24.5 Å². The molecule has 3 rings (SSSR count). The Morgan fingerprint density at radius 1 is 1.44 bits per heavy atom. The van der Waals surface area contributed by atoms with Crippen molar-refractivity contribution in [2.75, 3.05) is 24.6 Å². The monoisotopic (exact) mass is 267 g/mol. The van der Waals surface area contributed by atoms with Crippen LogP contribution in [0, 0.1) is 0 Å². The quantitative estimate of drug-likeness (QED) is 0.794. The number of aromatic nitrogens is 1. The van der Waals surface area contributed by atoms with Gasteiger partial charge in [-0.2, -0.15) is 0 Å². The third kappa shape index (κ3) is 2.41. The largest absolute Gasteiger partial charge is 0.310 e. The molecule has 1 N–H and O–H groups in total. The van der Waals surface area contributed by atoms with E-state index in [0.29, 0.717) is 0 Å². The molecule has 0 aliphatic carbocycles. The van der Waals surface area contributed by atoms with E-state index in [2.05, 4.69) is 15.2 Å². The molecule has 2 aliphatic heterocycles. The highest BCUT2D eigenvalue weighted by Gasteiger charge is 2.42. The summed E-state index contributed by atoms with van der Waals surface area (Å²) in [6.07, 6.45) is 3.60. The van der Waals surface area contributed by atoms with Crippen molar-refractivity contribution >= 4 is 9.84 Å². The number of piperazine rings is 1. The van der Waals surface area contributed by atoms with E-state index in [0.717, 1.165) is 25.2 Å². The third-order valence-electron chi connectivity index (χ3n) is 3.71. The second-order valence-corrected chi connectivity index (χ2v) is 7.19. The number of nitrogens with zero attached hydrogens (tertiary/aromatic N) is 2. The first-order valence-electron chi connectivity index (χ1n) is 6.21. The zero-order chi connectivity index (χ0) is 12.6. The highest BCUT2D eigenvalue weighted by molar-refractivity contribution is 7.91. The predicted octanol–water partition coefficient (Wildman–Crippen LogP) is -0.348. The van der Waals surface area contributed by atoms with Crippen molar-refractivity contribution < 1.29 is 8.42 Å². The summed E-state index contributed by atoms with van der Waals surface area (Å²) >= 11 is 0. The summed E-state index contributed by atoms with van der Waals surface area (Å²) in [5, 5.41) is 3.32. The molecule has 0 unspecified atom stereocenters. The van der Waals surface area contributed by atoms with Gasteiger partial charge in [0.15, 0.2) is 9.84 Å². The molecule has 0 aromatic carbocycles. The maximum absolute atomic E-state index is 11.7. The first-order valence-corrected chi connectivity index (χ1v) is 8.03. The third-order valence-corrected chi connectivity index (χ3v) is 5.42. The SMILES string of the molecule is O=S1(=O)C[C@@H]2NCCN(Cc3cccnc3)[C@@H]2C1. The van der Waals surface area contributed by atoms with Crippen LogP contribution in [0.4, 0.5) is 0 Å². The number of hydrogen-bond acceptors (Lipinski definition) is 5. The molecule has 0 spiro atoms. The molecular formula is C12H17N3O2S. The van der Waals surface area contributed by atoms with Crippen LogP contribution in [0.2, 0.25) is 0 Å². The number of fused-ring (bicyclic) bond motifs is 1. The lowest BCUT2D eigenvalue weighted by Gasteiger charge is -2.37. The van der Waals surface area contributed by atoms with Gasteiger partial charge in [-0.1, -0.05) is 6.07 Å². The van der Waals surface area contributed by atoms with Gasteiger partial charge in [0.25, 0.3) is 0 Å². The van der Waals surface area contributed by atoms with Gasteiger partial charge < -0.3 is 5.32 Å². The van der Waals surface area contributed by atoms with E-state index >= 15 is 0 Å². The minimum atomic E-state index is -2.87. The Balaban J connectivity index is 1.76. The molecule has 0 radical (unpaired) electrons.